The number of nitrogens with zero attached hydrogens (tertiary/aromatic N) is 1. The van der Waals surface area contributed by atoms with Gasteiger partial charge in [0.15, 0.2) is 0 Å². The number of hydrogen-bond acceptors (Lipinski definition) is 4. The second-order valence-electron chi connectivity index (χ2n) is 4.90. The van der Waals surface area contributed by atoms with E-state index < -0.39 is 12.0 Å². The van der Waals surface area contributed by atoms with Gasteiger partial charge >= 0.3 is 5.97 Å². The van der Waals surface area contributed by atoms with Gasteiger partial charge in [-0.3, -0.25) is 9.78 Å². The molecule has 0 unspecified atom stereocenters. The van der Waals surface area contributed by atoms with Crippen molar-refractivity contribution in [2.24, 2.45) is 5.92 Å². The third kappa shape index (κ3) is 6.56. The van der Waals surface area contributed by atoms with Gasteiger partial charge in [0.25, 0.3) is 0 Å². The smallest absolute Gasteiger partial charge is 0.326 e. The van der Waals surface area contributed by atoms with Crippen LogP contribution in [0.4, 0.5) is 0 Å². The molecule has 1 aromatic rings. The summed E-state index contributed by atoms with van der Waals surface area (Å²) in [6, 6.07) is 4.82. The van der Waals surface area contributed by atoms with E-state index in [9.17, 15) is 9.59 Å². The lowest BCUT2D eigenvalue weighted by molar-refractivity contribution is -0.141. The number of hydrogen-bond donors (Lipinski definition) is 2. The second-order valence-corrected chi connectivity index (χ2v) is 5.89. The van der Waals surface area contributed by atoms with Crippen LogP contribution in [-0.2, 0) is 15.3 Å². The zero-order chi connectivity index (χ0) is 15.0. The van der Waals surface area contributed by atoms with Crippen molar-refractivity contribution in [3.05, 3.63) is 30.1 Å². The van der Waals surface area contributed by atoms with Crippen LogP contribution in [0.2, 0.25) is 0 Å². The zero-order valence-electron chi connectivity index (χ0n) is 11.7. The predicted molar refractivity (Wildman–Crippen MR) is 79.4 cm³/mol. The number of nitrogens with one attached hydrogen (secondary N) is 1. The fraction of sp³-hybridized carbons (Fsp3) is 0.500. The van der Waals surface area contributed by atoms with Crippen molar-refractivity contribution in [1.29, 1.82) is 0 Å². The highest BCUT2D eigenvalue weighted by atomic mass is 32.2. The summed E-state index contributed by atoms with van der Waals surface area (Å²) in [4.78, 5) is 26.9. The number of carboxylic acid groups (broad SMARTS) is 1. The van der Waals surface area contributed by atoms with E-state index in [0.29, 0.717) is 12.2 Å². The van der Waals surface area contributed by atoms with Gasteiger partial charge in [-0.2, -0.15) is 0 Å². The largest absolute Gasteiger partial charge is 0.480 e. The molecule has 0 aliphatic rings. The van der Waals surface area contributed by atoms with Crippen LogP contribution in [0, 0.1) is 5.92 Å². The van der Waals surface area contributed by atoms with Gasteiger partial charge in [-0.1, -0.05) is 19.9 Å². The van der Waals surface area contributed by atoms with E-state index in [4.69, 9.17) is 5.11 Å². The summed E-state index contributed by atoms with van der Waals surface area (Å²) >= 11 is 1.42. The van der Waals surface area contributed by atoms with Crippen LogP contribution in [0.15, 0.2) is 24.4 Å². The summed E-state index contributed by atoms with van der Waals surface area (Å²) < 4.78 is 0. The van der Waals surface area contributed by atoms with Gasteiger partial charge in [0.2, 0.25) is 5.91 Å². The van der Waals surface area contributed by atoms with E-state index in [2.05, 4.69) is 10.3 Å². The first-order chi connectivity index (χ1) is 9.49. The molecule has 6 heteroatoms. The van der Waals surface area contributed by atoms with Crippen molar-refractivity contribution >= 4 is 23.6 Å². The average Bonchev–Trinajstić information content (AvgIpc) is 2.38. The van der Waals surface area contributed by atoms with Crippen LogP contribution in [0.25, 0.3) is 0 Å². The zero-order valence-corrected chi connectivity index (χ0v) is 12.5. The Morgan fingerprint density at radius 1 is 1.40 bits per heavy atom. The number of rotatable bonds is 8. The lowest BCUT2D eigenvalue weighted by Gasteiger charge is -2.16. The highest BCUT2D eigenvalue weighted by Crippen LogP contribution is 2.10. The fourth-order valence-electron chi connectivity index (χ4n) is 1.66. The molecule has 20 heavy (non-hydrogen) atoms. The third-order valence-electron chi connectivity index (χ3n) is 2.55. The maximum Gasteiger partial charge on any atom is 0.326 e. The van der Waals surface area contributed by atoms with Crippen LogP contribution in [-0.4, -0.2) is 33.8 Å². The number of amides is 1. The molecule has 0 saturated heterocycles. The Morgan fingerprint density at radius 3 is 2.70 bits per heavy atom. The first-order valence-corrected chi connectivity index (χ1v) is 7.64. The summed E-state index contributed by atoms with van der Waals surface area (Å²) in [6.45, 7) is 3.86. The van der Waals surface area contributed by atoms with Crippen molar-refractivity contribution in [3.63, 3.8) is 0 Å². The number of carbonyl (C=O) groups is 2. The first-order valence-electron chi connectivity index (χ1n) is 6.49. The van der Waals surface area contributed by atoms with Crippen LogP contribution >= 0.6 is 11.8 Å². The van der Waals surface area contributed by atoms with Crippen LogP contribution in [0.5, 0.6) is 0 Å². The van der Waals surface area contributed by atoms with E-state index in [0.717, 1.165) is 5.69 Å². The average molecular weight is 296 g/mol. The lowest BCUT2D eigenvalue weighted by Crippen LogP contribution is -2.42. The Morgan fingerprint density at radius 2 is 2.15 bits per heavy atom. The summed E-state index contributed by atoms with van der Waals surface area (Å²) in [5.41, 5.74) is 0.905. The molecule has 1 heterocycles. The molecule has 1 aromatic heterocycles. The molecule has 0 bridgehead atoms. The summed E-state index contributed by atoms with van der Waals surface area (Å²) in [6.07, 6.45) is 2.14. The molecule has 2 N–H and O–H groups in total. The van der Waals surface area contributed by atoms with Crippen molar-refractivity contribution in [2.75, 3.05) is 5.75 Å². The predicted octanol–water partition coefficient (Wildman–Crippen LogP) is 1.93. The molecule has 0 aliphatic heterocycles. The highest BCUT2D eigenvalue weighted by molar-refractivity contribution is 7.99. The lowest BCUT2D eigenvalue weighted by atomic mass is 10.0. The van der Waals surface area contributed by atoms with Gasteiger partial charge < -0.3 is 10.4 Å². The van der Waals surface area contributed by atoms with Gasteiger partial charge in [-0.15, -0.1) is 11.8 Å². The molecule has 0 spiro atoms. The Bertz CT molecular complexity index is 437. The molecule has 1 rings (SSSR count). The van der Waals surface area contributed by atoms with Crippen LogP contribution < -0.4 is 5.32 Å². The monoisotopic (exact) mass is 296 g/mol. The highest BCUT2D eigenvalue weighted by Gasteiger charge is 2.20. The van der Waals surface area contributed by atoms with Gasteiger partial charge in [-0.05, 0) is 24.5 Å². The van der Waals surface area contributed by atoms with E-state index in [-0.39, 0.29) is 17.6 Å². The Balaban J connectivity index is 2.33. The number of thioether (sulfide) groups is 1. The number of aliphatic carboxylic acids is 1. The molecule has 0 saturated carbocycles. The van der Waals surface area contributed by atoms with Gasteiger partial charge in [0.05, 0.1) is 11.4 Å². The van der Waals surface area contributed by atoms with Crippen LogP contribution in [0.3, 0.4) is 0 Å². The molecule has 5 nitrogen and oxygen atoms in total. The van der Waals surface area contributed by atoms with Gasteiger partial charge in [-0.25, -0.2) is 4.79 Å². The minimum absolute atomic E-state index is 0.220. The van der Waals surface area contributed by atoms with Crippen molar-refractivity contribution in [2.45, 2.75) is 32.1 Å². The minimum Gasteiger partial charge on any atom is -0.480 e. The van der Waals surface area contributed by atoms with E-state index >= 15 is 0 Å². The van der Waals surface area contributed by atoms with Crippen LogP contribution in [0.1, 0.15) is 26.0 Å². The number of carboxylic acids is 1. The molecule has 0 aliphatic carbocycles. The van der Waals surface area contributed by atoms with Gasteiger partial charge in [0.1, 0.15) is 6.04 Å². The molecule has 0 fully saturated rings. The van der Waals surface area contributed by atoms with E-state index in [1.165, 1.54) is 11.8 Å². The van der Waals surface area contributed by atoms with E-state index in [1.807, 2.05) is 32.0 Å². The molecule has 0 aromatic carbocycles. The number of pyridine rings is 1. The summed E-state index contributed by atoms with van der Waals surface area (Å²) in [5, 5.41) is 11.6. The minimum atomic E-state index is -0.984. The molecule has 110 valence electrons. The van der Waals surface area contributed by atoms with Gasteiger partial charge in [0, 0.05) is 11.9 Å². The maximum absolute atomic E-state index is 11.7. The molecular weight excluding hydrogens is 276 g/mol. The SMILES string of the molecule is CC(C)C[C@@H](NC(=O)CSCc1ccccn1)C(=O)O. The van der Waals surface area contributed by atoms with Crippen molar-refractivity contribution < 1.29 is 14.7 Å². The quantitative estimate of drug-likeness (QED) is 0.766. The van der Waals surface area contributed by atoms with E-state index in [1.54, 1.807) is 6.20 Å². The Hall–Kier alpha value is -1.56. The Kier molecular flexibility index (Phi) is 7.08. The normalized spacial score (nSPS) is 12.2. The Labute approximate surface area is 123 Å². The molecule has 1 amide bonds. The fourth-order valence-corrected chi connectivity index (χ4v) is 2.41. The summed E-state index contributed by atoms with van der Waals surface area (Å²) in [5.74, 6) is -0.146. The molecule has 0 radical (unpaired) electrons. The van der Waals surface area contributed by atoms with Crippen molar-refractivity contribution in [3.8, 4) is 0 Å². The standard InChI is InChI=1S/C14H20N2O3S/c1-10(2)7-12(14(18)19)16-13(17)9-20-8-11-5-3-4-6-15-11/h3-6,10,12H,7-9H2,1-2H3,(H,16,17)(H,18,19)/t12-/m1/s1. The summed E-state index contributed by atoms with van der Waals surface area (Å²) in [7, 11) is 0. The van der Waals surface area contributed by atoms with Crippen molar-refractivity contribution in [1.82, 2.24) is 10.3 Å². The third-order valence-corrected chi connectivity index (χ3v) is 3.52. The number of aromatic nitrogens is 1. The molecule has 1 atom stereocenters. The maximum atomic E-state index is 11.7. The topological polar surface area (TPSA) is 79.3 Å². The second kappa shape index (κ2) is 8.58. The first kappa shape index (κ1) is 16.5. The molecular formula is C14H20N2O3S. The number of carbonyl (C=O) groups excluding carboxylic acids is 1.